The molecule has 2 heterocycles. The van der Waals surface area contributed by atoms with Gasteiger partial charge in [-0.15, -0.1) is 0 Å². The highest BCUT2D eigenvalue weighted by molar-refractivity contribution is 5.46. The van der Waals surface area contributed by atoms with Crippen molar-refractivity contribution in [1.29, 1.82) is 5.26 Å². The molecule has 22 heavy (non-hydrogen) atoms. The summed E-state index contributed by atoms with van der Waals surface area (Å²) in [6, 6.07) is 11.7. The van der Waals surface area contributed by atoms with Gasteiger partial charge in [-0.2, -0.15) is 5.26 Å². The number of ether oxygens (including phenoxy) is 2. The average molecular weight is 295 g/mol. The largest absolute Gasteiger partial charge is 0.454 e. The molecule has 1 unspecified atom stereocenters. The number of fused-ring (bicyclic) bond motifs is 1. The van der Waals surface area contributed by atoms with Gasteiger partial charge in [-0.3, -0.25) is 9.88 Å². The smallest absolute Gasteiger partial charge is 0.231 e. The molecule has 1 atom stereocenters. The quantitative estimate of drug-likeness (QED) is 0.848. The molecule has 0 saturated heterocycles. The van der Waals surface area contributed by atoms with Crippen molar-refractivity contribution in [1.82, 2.24) is 9.88 Å². The molecule has 1 aromatic heterocycles. The van der Waals surface area contributed by atoms with Crippen molar-refractivity contribution >= 4 is 0 Å². The number of hydrogen-bond acceptors (Lipinski definition) is 5. The molecule has 0 N–H and O–H groups in total. The number of nitriles is 1. The molecule has 0 aliphatic carbocycles. The summed E-state index contributed by atoms with van der Waals surface area (Å²) in [5, 5.41) is 9.52. The molecule has 0 fully saturated rings. The van der Waals surface area contributed by atoms with Crippen molar-refractivity contribution in [2.45, 2.75) is 12.5 Å². The molecule has 112 valence electrons. The molecular weight excluding hydrogens is 278 g/mol. The van der Waals surface area contributed by atoms with Gasteiger partial charge in [-0.1, -0.05) is 6.07 Å². The lowest BCUT2D eigenvalue weighted by molar-refractivity contribution is 0.174. The molecule has 1 aromatic carbocycles. The van der Waals surface area contributed by atoms with E-state index in [1.165, 1.54) is 5.56 Å². The van der Waals surface area contributed by atoms with E-state index in [0.717, 1.165) is 24.3 Å². The summed E-state index contributed by atoms with van der Waals surface area (Å²) in [4.78, 5) is 6.05. The lowest BCUT2D eigenvalue weighted by Gasteiger charge is -2.23. The summed E-state index contributed by atoms with van der Waals surface area (Å²) in [6.07, 6.45) is 4.45. The highest BCUT2D eigenvalue weighted by atomic mass is 16.7. The van der Waals surface area contributed by atoms with Gasteiger partial charge in [0.05, 0.1) is 6.07 Å². The van der Waals surface area contributed by atoms with Crippen LogP contribution in [0.15, 0.2) is 42.7 Å². The van der Waals surface area contributed by atoms with Crippen LogP contribution in [0.25, 0.3) is 0 Å². The first-order valence-electron chi connectivity index (χ1n) is 7.16. The summed E-state index contributed by atoms with van der Waals surface area (Å²) >= 11 is 0. The Kier molecular flexibility index (Phi) is 4.22. The van der Waals surface area contributed by atoms with E-state index < -0.39 is 0 Å². The maximum absolute atomic E-state index is 9.52. The van der Waals surface area contributed by atoms with Gasteiger partial charge in [0.2, 0.25) is 6.79 Å². The number of rotatable bonds is 5. The van der Waals surface area contributed by atoms with Gasteiger partial charge in [-0.05, 0) is 48.9 Å². The summed E-state index contributed by atoms with van der Waals surface area (Å²) in [5.74, 6) is 1.44. The lowest BCUT2D eigenvalue weighted by atomic mass is 10.1. The van der Waals surface area contributed by atoms with Crippen molar-refractivity contribution in [2.24, 2.45) is 0 Å². The van der Waals surface area contributed by atoms with Gasteiger partial charge in [0.25, 0.3) is 0 Å². The Morgan fingerprint density at radius 3 is 2.77 bits per heavy atom. The van der Waals surface area contributed by atoms with E-state index in [2.05, 4.69) is 11.1 Å². The first-order valence-corrected chi connectivity index (χ1v) is 7.16. The van der Waals surface area contributed by atoms with Crippen molar-refractivity contribution in [3.63, 3.8) is 0 Å². The number of likely N-dealkylation sites (N-methyl/N-ethyl adjacent to an activating group) is 1. The van der Waals surface area contributed by atoms with Crippen molar-refractivity contribution < 1.29 is 9.47 Å². The molecule has 0 saturated carbocycles. The Labute approximate surface area is 129 Å². The number of pyridine rings is 1. The fraction of sp³-hybridized carbons (Fsp3) is 0.294. The van der Waals surface area contributed by atoms with Crippen LogP contribution in [-0.2, 0) is 6.42 Å². The van der Waals surface area contributed by atoms with Crippen LogP contribution in [0.3, 0.4) is 0 Å². The first-order chi connectivity index (χ1) is 10.8. The van der Waals surface area contributed by atoms with Crippen LogP contribution >= 0.6 is 0 Å². The van der Waals surface area contributed by atoms with Gasteiger partial charge in [0, 0.05) is 18.9 Å². The van der Waals surface area contributed by atoms with Crippen LogP contribution in [0.1, 0.15) is 17.2 Å². The Balaban J connectivity index is 1.69. The first kappa shape index (κ1) is 14.4. The Morgan fingerprint density at radius 1 is 1.23 bits per heavy atom. The predicted octanol–water partition coefficient (Wildman–Crippen LogP) is 2.55. The van der Waals surface area contributed by atoms with E-state index in [-0.39, 0.29) is 12.8 Å². The van der Waals surface area contributed by atoms with Crippen molar-refractivity contribution in [2.75, 3.05) is 20.4 Å². The zero-order valence-electron chi connectivity index (χ0n) is 12.4. The third kappa shape index (κ3) is 3.02. The van der Waals surface area contributed by atoms with Gasteiger partial charge < -0.3 is 9.47 Å². The molecule has 5 nitrogen and oxygen atoms in total. The van der Waals surface area contributed by atoms with Crippen LogP contribution in [0.4, 0.5) is 0 Å². The van der Waals surface area contributed by atoms with Crippen LogP contribution in [0.2, 0.25) is 0 Å². The van der Waals surface area contributed by atoms with Gasteiger partial charge in [0.1, 0.15) is 6.04 Å². The van der Waals surface area contributed by atoms with Gasteiger partial charge in [-0.25, -0.2) is 0 Å². The minimum Gasteiger partial charge on any atom is -0.454 e. The molecule has 0 bridgehead atoms. The maximum atomic E-state index is 9.52. The fourth-order valence-electron chi connectivity index (χ4n) is 2.49. The maximum Gasteiger partial charge on any atom is 0.231 e. The zero-order valence-corrected chi connectivity index (χ0v) is 12.4. The molecule has 5 heteroatoms. The molecule has 1 aliphatic rings. The molecule has 0 spiro atoms. The van der Waals surface area contributed by atoms with Crippen molar-refractivity contribution in [3.8, 4) is 17.6 Å². The molecule has 0 radical (unpaired) electrons. The Bertz CT molecular complexity index is 682. The highest BCUT2D eigenvalue weighted by Crippen LogP contribution is 2.35. The average Bonchev–Trinajstić information content (AvgIpc) is 3.02. The van der Waals surface area contributed by atoms with Crippen LogP contribution in [0.5, 0.6) is 11.5 Å². The number of hydrogen-bond donors (Lipinski definition) is 0. The highest BCUT2D eigenvalue weighted by Gasteiger charge is 2.20. The zero-order chi connectivity index (χ0) is 15.4. The summed E-state index contributed by atoms with van der Waals surface area (Å²) in [6.45, 7) is 1.03. The minimum atomic E-state index is -0.309. The number of nitrogens with zero attached hydrogens (tertiary/aromatic N) is 3. The standard InChI is InChI=1S/C17H17N3O2/c1-20(9-6-13-4-7-19-8-5-13)15(11-18)14-2-3-16-17(10-14)22-12-21-16/h2-5,7-8,10,15H,6,9,12H2,1H3. The number of benzene rings is 1. The molecule has 0 amide bonds. The van der Waals surface area contributed by atoms with Crippen LogP contribution in [0, 0.1) is 11.3 Å². The van der Waals surface area contributed by atoms with E-state index in [1.54, 1.807) is 12.4 Å². The summed E-state index contributed by atoms with van der Waals surface area (Å²) in [5.41, 5.74) is 2.13. The van der Waals surface area contributed by atoms with Crippen LogP contribution < -0.4 is 9.47 Å². The van der Waals surface area contributed by atoms with Crippen LogP contribution in [-0.4, -0.2) is 30.3 Å². The van der Waals surface area contributed by atoms with E-state index >= 15 is 0 Å². The molecule has 1 aliphatic heterocycles. The topological polar surface area (TPSA) is 58.4 Å². The predicted molar refractivity (Wildman–Crippen MR) is 81.5 cm³/mol. The van der Waals surface area contributed by atoms with E-state index in [9.17, 15) is 5.26 Å². The number of aromatic nitrogens is 1. The normalized spacial score (nSPS) is 13.9. The van der Waals surface area contributed by atoms with E-state index in [0.29, 0.717) is 5.75 Å². The molecule has 2 aromatic rings. The van der Waals surface area contributed by atoms with Crippen molar-refractivity contribution in [3.05, 3.63) is 53.9 Å². The second kappa shape index (κ2) is 6.46. The Hall–Kier alpha value is -2.58. The second-order valence-electron chi connectivity index (χ2n) is 5.23. The third-order valence-corrected chi connectivity index (χ3v) is 3.78. The van der Waals surface area contributed by atoms with E-state index in [1.807, 2.05) is 42.3 Å². The van der Waals surface area contributed by atoms with Gasteiger partial charge >= 0.3 is 0 Å². The molecular formula is C17H17N3O2. The molecule has 3 rings (SSSR count). The fourth-order valence-corrected chi connectivity index (χ4v) is 2.49. The SMILES string of the molecule is CN(CCc1ccncc1)C(C#N)c1ccc2c(c1)OCO2. The summed E-state index contributed by atoms with van der Waals surface area (Å²) in [7, 11) is 1.96. The van der Waals surface area contributed by atoms with E-state index in [4.69, 9.17) is 9.47 Å². The van der Waals surface area contributed by atoms with Gasteiger partial charge in [0.15, 0.2) is 11.5 Å². The lowest BCUT2D eigenvalue weighted by Crippen LogP contribution is -2.25. The minimum absolute atomic E-state index is 0.244. The summed E-state index contributed by atoms with van der Waals surface area (Å²) < 4.78 is 10.7. The third-order valence-electron chi connectivity index (χ3n) is 3.78. The Morgan fingerprint density at radius 2 is 2.00 bits per heavy atom. The second-order valence-corrected chi connectivity index (χ2v) is 5.23. The monoisotopic (exact) mass is 295 g/mol.